The van der Waals surface area contributed by atoms with E-state index < -0.39 is 6.10 Å². The minimum Gasteiger partial charge on any atom is -0.472 e. The first-order chi connectivity index (χ1) is 12.0. The molecule has 1 aromatic carbocycles. The lowest BCUT2D eigenvalue weighted by Gasteiger charge is -2.35. The van der Waals surface area contributed by atoms with E-state index in [4.69, 9.17) is 16.3 Å². The van der Waals surface area contributed by atoms with E-state index >= 15 is 0 Å². The standard InChI is InChI=1S/C19H24ClN3O2/c1-13(2)25-19-18(21-9-10-22-19)23-11-7-15(8-12-23)17(24)14-3-5-16(20)6-4-14/h3-6,9-10,13,15,17,24H,7-8,11-12H2,1-2H3. The molecule has 2 heterocycles. The van der Waals surface area contributed by atoms with Crippen molar-refractivity contribution < 1.29 is 9.84 Å². The summed E-state index contributed by atoms with van der Waals surface area (Å²) in [6, 6.07) is 7.45. The molecule has 1 unspecified atom stereocenters. The first-order valence-corrected chi connectivity index (χ1v) is 9.08. The number of piperidine rings is 1. The Balaban J connectivity index is 1.65. The molecule has 0 aliphatic carbocycles. The Bertz CT molecular complexity index is 685. The summed E-state index contributed by atoms with van der Waals surface area (Å²) in [5.74, 6) is 1.59. The van der Waals surface area contributed by atoms with Crippen molar-refractivity contribution in [1.29, 1.82) is 0 Å². The fraction of sp³-hybridized carbons (Fsp3) is 0.474. The highest BCUT2D eigenvalue weighted by Crippen LogP contribution is 2.34. The van der Waals surface area contributed by atoms with Gasteiger partial charge in [0, 0.05) is 30.5 Å². The van der Waals surface area contributed by atoms with Gasteiger partial charge in [-0.1, -0.05) is 23.7 Å². The second-order valence-corrected chi connectivity index (χ2v) is 7.11. The van der Waals surface area contributed by atoms with Crippen molar-refractivity contribution in [3.8, 4) is 5.88 Å². The van der Waals surface area contributed by atoms with Crippen LogP contribution in [0.4, 0.5) is 5.82 Å². The van der Waals surface area contributed by atoms with Gasteiger partial charge in [-0.3, -0.25) is 0 Å². The number of hydrogen-bond acceptors (Lipinski definition) is 5. The van der Waals surface area contributed by atoms with Gasteiger partial charge in [0.2, 0.25) is 0 Å². The van der Waals surface area contributed by atoms with Crippen molar-refractivity contribution in [3.63, 3.8) is 0 Å². The third kappa shape index (κ3) is 4.41. The van der Waals surface area contributed by atoms with Crippen LogP contribution in [0.3, 0.4) is 0 Å². The highest BCUT2D eigenvalue weighted by atomic mass is 35.5. The molecule has 0 amide bonds. The van der Waals surface area contributed by atoms with E-state index in [1.807, 2.05) is 38.1 Å². The van der Waals surface area contributed by atoms with Crippen LogP contribution in [0.25, 0.3) is 0 Å². The Hall–Kier alpha value is -1.85. The smallest absolute Gasteiger partial charge is 0.257 e. The van der Waals surface area contributed by atoms with Gasteiger partial charge in [0.25, 0.3) is 5.88 Å². The summed E-state index contributed by atoms with van der Waals surface area (Å²) in [6.07, 6.45) is 4.71. The van der Waals surface area contributed by atoms with Gasteiger partial charge in [-0.05, 0) is 50.3 Å². The molecule has 1 saturated heterocycles. The van der Waals surface area contributed by atoms with Crippen LogP contribution in [0.1, 0.15) is 38.4 Å². The molecular weight excluding hydrogens is 338 g/mol. The maximum absolute atomic E-state index is 10.7. The van der Waals surface area contributed by atoms with Crippen LogP contribution < -0.4 is 9.64 Å². The van der Waals surface area contributed by atoms with Crippen LogP contribution in [-0.2, 0) is 0 Å². The van der Waals surface area contributed by atoms with Gasteiger partial charge in [-0.15, -0.1) is 0 Å². The number of nitrogens with zero attached hydrogens (tertiary/aromatic N) is 3. The number of hydrogen-bond donors (Lipinski definition) is 1. The van der Waals surface area contributed by atoms with Gasteiger partial charge >= 0.3 is 0 Å². The number of halogens is 1. The Kier molecular flexibility index (Phi) is 5.76. The van der Waals surface area contributed by atoms with Crippen molar-refractivity contribution in [2.24, 2.45) is 5.92 Å². The lowest BCUT2D eigenvalue weighted by molar-refractivity contribution is 0.0927. The van der Waals surface area contributed by atoms with E-state index in [1.165, 1.54) is 0 Å². The lowest BCUT2D eigenvalue weighted by atomic mass is 9.87. The summed E-state index contributed by atoms with van der Waals surface area (Å²) in [6.45, 7) is 5.60. The van der Waals surface area contributed by atoms with Gasteiger partial charge in [-0.25, -0.2) is 9.97 Å². The van der Waals surface area contributed by atoms with E-state index in [0.717, 1.165) is 37.3 Å². The topological polar surface area (TPSA) is 58.5 Å². The monoisotopic (exact) mass is 361 g/mol. The molecule has 134 valence electrons. The summed E-state index contributed by atoms with van der Waals surface area (Å²) in [5.41, 5.74) is 0.922. The summed E-state index contributed by atoms with van der Waals surface area (Å²) >= 11 is 5.93. The number of anilines is 1. The Morgan fingerprint density at radius 1 is 1.12 bits per heavy atom. The number of ether oxygens (including phenoxy) is 1. The Morgan fingerprint density at radius 3 is 2.40 bits per heavy atom. The Labute approximate surface area is 153 Å². The predicted octanol–water partition coefficient (Wildman–Crippen LogP) is 3.87. The van der Waals surface area contributed by atoms with E-state index in [9.17, 15) is 5.11 Å². The largest absolute Gasteiger partial charge is 0.472 e. The van der Waals surface area contributed by atoms with E-state index in [0.29, 0.717) is 10.9 Å². The molecule has 5 nitrogen and oxygen atoms in total. The minimum atomic E-state index is -0.465. The average Bonchev–Trinajstić information content (AvgIpc) is 2.62. The maximum atomic E-state index is 10.7. The zero-order valence-electron chi connectivity index (χ0n) is 14.6. The molecule has 3 rings (SSSR count). The van der Waals surface area contributed by atoms with Crippen molar-refractivity contribution >= 4 is 17.4 Å². The SMILES string of the molecule is CC(C)Oc1nccnc1N1CCC(C(O)c2ccc(Cl)cc2)CC1. The third-order valence-corrected chi connectivity index (χ3v) is 4.74. The number of aliphatic hydroxyl groups is 1. The van der Waals surface area contributed by atoms with E-state index in [1.54, 1.807) is 12.4 Å². The van der Waals surface area contributed by atoms with E-state index in [-0.39, 0.29) is 12.0 Å². The summed E-state index contributed by atoms with van der Waals surface area (Å²) in [5, 5.41) is 11.3. The maximum Gasteiger partial charge on any atom is 0.257 e. The molecule has 0 radical (unpaired) electrons. The zero-order valence-corrected chi connectivity index (χ0v) is 15.4. The average molecular weight is 362 g/mol. The van der Waals surface area contributed by atoms with Crippen molar-refractivity contribution in [3.05, 3.63) is 47.2 Å². The predicted molar refractivity (Wildman–Crippen MR) is 99.1 cm³/mol. The molecule has 1 aliphatic heterocycles. The highest BCUT2D eigenvalue weighted by molar-refractivity contribution is 6.30. The highest BCUT2D eigenvalue weighted by Gasteiger charge is 2.28. The first kappa shape index (κ1) is 18.0. The molecule has 2 aromatic rings. The normalized spacial score (nSPS) is 16.9. The first-order valence-electron chi connectivity index (χ1n) is 8.70. The van der Waals surface area contributed by atoms with Crippen LogP contribution in [0.15, 0.2) is 36.7 Å². The van der Waals surface area contributed by atoms with Gasteiger partial charge in [-0.2, -0.15) is 0 Å². The van der Waals surface area contributed by atoms with E-state index in [2.05, 4.69) is 14.9 Å². The summed E-state index contributed by atoms with van der Waals surface area (Å²) < 4.78 is 5.78. The number of rotatable bonds is 5. The van der Waals surface area contributed by atoms with Gasteiger partial charge in [0.05, 0.1) is 12.2 Å². The quantitative estimate of drug-likeness (QED) is 0.876. The van der Waals surface area contributed by atoms with Crippen LogP contribution in [-0.4, -0.2) is 34.3 Å². The summed E-state index contributed by atoms with van der Waals surface area (Å²) in [4.78, 5) is 11.0. The molecule has 1 atom stereocenters. The van der Waals surface area contributed by atoms with Crippen molar-refractivity contribution in [1.82, 2.24) is 9.97 Å². The van der Waals surface area contributed by atoms with Crippen molar-refractivity contribution in [2.75, 3.05) is 18.0 Å². The second-order valence-electron chi connectivity index (χ2n) is 6.67. The number of benzene rings is 1. The fourth-order valence-electron chi connectivity index (χ4n) is 3.20. The molecule has 0 bridgehead atoms. The van der Waals surface area contributed by atoms with Gasteiger partial charge in [0.1, 0.15) is 0 Å². The molecule has 1 aliphatic rings. The lowest BCUT2D eigenvalue weighted by Crippen LogP contribution is -2.36. The zero-order chi connectivity index (χ0) is 17.8. The molecule has 6 heteroatoms. The molecule has 25 heavy (non-hydrogen) atoms. The van der Waals surface area contributed by atoms with Crippen LogP contribution >= 0.6 is 11.6 Å². The van der Waals surface area contributed by atoms with Gasteiger partial charge in [0.15, 0.2) is 5.82 Å². The molecule has 1 aromatic heterocycles. The Morgan fingerprint density at radius 2 is 1.76 bits per heavy atom. The molecule has 0 saturated carbocycles. The number of aliphatic hydroxyl groups excluding tert-OH is 1. The van der Waals surface area contributed by atoms with Crippen LogP contribution in [0, 0.1) is 5.92 Å². The molecular formula is C19H24ClN3O2. The van der Waals surface area contributed by atoms with Gasteiger partial charge < -0.3 is 14.7 Å². The third-order valence-electron chi connectivity index (χ3n) is 4.49. The second kappa shape index (κ2) is 8.02. The molecule has 0 spiro atoms. The van der Waals surface area contributed by atoms with Crippen LogP contribution in [0.5, 0.6) is 5.88 Å². The summed E-state index contributed by atoms with van der Waals surface area (Å²) in [7, 11) is 0. The van der Waals surface area contributed by atoms with Crippen LogP contribution in [0.2, 0.25) is 5.02 Å². The minimum absolute atomic E-state index is 0.0553. The molecule has 1 N–H and O–H groups in total. The van der Waals surface area contributed by atoms with Crippen molar-refractivity contribution in [2.45, 2.75) is 38.9 Å². The fourth-order valence-corrected chi connectivity index (χ4v) is 3.33. The number of aromatic nitrogens is 2. The molecule has 1 fully saturated rings.